The number of rotatable bonds is 4. The average Bonchev–Trinajstić information content (AvgIpc) is 1.87. The summed E-state index contributed by atoms with van der Waals surface area (Å²) in [7, 11) is 0. The van der Waals surface area contributed by atoms with Crippen molar-refractivity contribution in [2.24, 2.45) is 5.41 Å². The van der Waals surface area contributed by atoms with Gasteiger partial charge in [0.1, 0.15) is 0 Å². The second-order valence-electron chi connectivity index (χ2n) is 3.22. The molecule has 0 heterocycles. The van der Waals surface area contributed by atoms with Crippen LogP contribution in [0.4, 0.5) is 8.78 Å². The summed E-state index contributed by atoms with van der Waals surface area (Å²) in [4.78, 5) is 0. The van der Waals surface area contributed by atoms with Crippen LogP contribution >= 0.6 is 0 Å². The van der Waals surface area contributed by atoms with Crippen molar-refractivity contribution in [3.63, 3.8) is 0 Å². The molecule has 0 amide bonds. The highest BCUT2D eigenvalue weighted by atomic mass is 19.3. The minimum atomic E-state index is -3.00. The maximum atomic E-state index is 12.9. The Hall–Kier alpha value is -0.220. The van der Waals surface area contributed by atoms with Crippen molar-refractivity contribution >= 4 is 0 Å². The normalized spacial score (nSPS) is 13.6. The van der Waals surface area contributed by atoms with Gasteiger partial charge in [0.25, 0.3) is 5.92 Å². The van der Waals surface area contributed by atoms with E-state index in [4.69, 9.17) is 10.2 Å². The molecule has 11 heavy (non-hydrogen) atoms. The zero-order valence-corrected chi connectivity index (χ0v) is 6.77. The van der Waals surface area contributed by atoms with Crippen LogP contribution in [0, 0.1) is 5.41 Å². The van der Waals surface area contributed by atoms with Gasteiger partial charge in [-0.3, -0.25) is 0 Å². The van der Waals surface area contributed by atoms with Gasteiger partial charge in [-0.2, -0.15) is 0 Å². The van der Waals surface area contributed by atoms with Crippen LogP contribution in [0.3, 0.4) is 0 Å². The lowest BCUT2D eigenvalue weighted by molar-refractivity contribution is -0.136. The second kappa shape index (κ2) is 3.45. The Balaban J connectivity index is 4.26. The first-order chi connectivity index (χ1) is 4.87. The van der Waals surface area contributed by atoms with Gasteiger partial charge in [0.2, 0.25) is 0 Å². The van der Waals surface area contributed by atoms with Crippen molar-refractivity contribution in [1.29, 1.82) is 0 Å². The molecule has 0 aromatic carbocycles. The van der Waals surface area contributed by atoms with E-state index in [9.17, 15) is 8.78 Å². The molecular weight excluding hydrogens is 154 g/mol. The van der Waals surface area contributed by atoms with E-state index >= 15 is 0 Å². The Labute approximate surface area is 64.8 Å². The molecule has 0 saturated heterocycles. The number of alkyl halides is 2. The van der Waals surface area contributed by atoms with Crippen LogP contribution in [0.15, 0.2) is 0 Å². The lowest BCUT2D eigenvalue weighted by Gasteiger charge is -2.31. The summed E-state index contributed by atoms with van der Waals surface area (Å²) >= 11 is 0. The van der Waals surface area contributed by atoms with Crippen LogP contribution in [0.2, 0.25) is 0 Å². The maximum absolute atomic E-state index is 12.9. The molecule has 0 aromatic heterocycles. The monoisotopic (exact) mass is 168 g/mol. The van der Waals surface area contributed by atoms with E-state index in [1.54, 1.807) is 0 Å². The molecule has 0 spiro atoms. The molecule has 2 nitrogen and oxygen atoms in total. The Kier molecular flexibility index (Phi) is 3.38. The van der Waals surface area contributed by atoms with Crippen LogP contribution in [-0.2, 0) is 0 Å². The fourth-order valence-corrected chi connectivity index (χ4v) is 0.594. The fourth-order valence-electron chi connectivity index (χ4n) is 0.594. The molecule has 0 saturated carbocycles. The van der Waals surface area contributed by atoms with Gasteiger partial charge in [-0.1, -0.05) is 13.8 Å². The van der Waals surface area contributed by atoms with E-state index in [0.29, 0.717) is 0 Å². The third kappa shape index (κ3) is 2.38. The van der Waals surface area contributed by atoms with Crippen molar-refractivity contribution < 1.29 is 19.0 Å². The summed E-state index contributed by atoms with van der Waals surface area (Å²) in [5.74, 6) is -3.00. The molecule has 68 valence electrons. The first-order valence-electron chi connectivity index (χ1n) is 3.47. The first kappa shape index (κ1) is 10.8. The fraction of sp³-hybridized carbons (Fsp3) is 1.00. The molecule has 0 unspecified atom stereocenters. The van der Waals surface area contributed by atoms with Crippen LogP contribution < -0.4 is 0 Å². The van der Waals surface area contributed by atoms with Gasteiger partial charge >= 0.3 is 0 Å². The van der Waals surface area contributed by atoms with Crippen molar-refractivity contribution in [2.75, 3.05) is 13.2 Å². The average molecular weight is 168 g/mol. The number of aliphatic hydroxyl groups excluding tert-OH is 2. The Morgan fingerprint density at radius 3 is 1.91 bits per heavy atom. The Bertz CT molecular complexity index is 124. The number of hydrogen-bond donors (Lipinski definition) is 2. The third-order valence-electron chi connectivity index (χ3n) is 1.81. The van der Waals surface area contributed by atoms with E-state index < -0.39 is 31.0 Å². The summed E-state index contributed by atoms with van der Waals surface area (Å²) in [6.07, 6.45) is -0.597. The predicted octanol–water partition coefficient (Wildman–Crippen LogP) is 1.02. The van der Waals surface area contributed by atoms with Gasteiger partial charge in [0, 0.05) is 13.0 Å². The van der Waals surface area contributed by atoms with E-state index in [2.05, 4.69) is 0 Å². The molecule has 0 aliphatic rings. The van der Waals surface area contributed by atoms with E-state index in [1.165, 1.54) is 13.8 Å². The van der Waals surface area contributed by atoms with Crippen LogP contribution in [0.25, 0.3) is 0 Å². The smallest absolute Gasteiger partial charge is 0.257 e. The van der Waals surface area contributed by atoms with Crippen LogP contribution in [-0.4, -0.2) is 29.3 Å². The minimum Gasteiger partial charge on any atom is -0.396 e. The molecular formula is C7H14F2O2. The number of aliphatic hydroxyl groups is 2. The zero-order chi connectivity index (χ0) is 9.12. The lowest BCUT2D eigenvalue weighted by atomic mass is 9.85. The molecule has 0 rings (SSSR count). The van der Waals surface area contributed by atoms with Gasteiger partial charge in [-0.25, -0.2) is 8.78 Å². The summed E-state index contributed by atoms with van der Waals surface area (Å²) in [6.45, 7) is 1.39. The number of halogens is 2. The molecule has 2 N–H and O–H groups in total. The van der Waals surface area contributed by atoms with Crippen molar-refractivity contribution in [1.82, 2.24) is 0 Å². The molecule has 0 aromatic rings. The summed E-state index contributed by atoms with van der Waals surface area (Å²) < 4.78 is 25.8. The van der Waals surface area contributed by atoms with Crippen molar-refractivity contribution in [2.45, 2.75) is 26.2 Å². The van der Waals surface area contributed by atoms with E-state index in [1.807, 2.05) is 0 Å². The third-order valence-corrected chi connectivity index (χ3v) is 1.81. The van der Waals surface area contributed by atoms with Gasteiger partial charge in [-0.15, -0.1) is 0 Å². The van der Waals surface area contributed by atoms with Gasteiger partial charge in [0.15, 0.2) is 0 Å². The number of hydrogen-bond acceptors (Lipinski definition) is 2. The Morgan fingerprint density at radius 2 is 1.64 bits per heavy atom. The lowest BCUT2D eigenvalue weighted by Crippen LogP contribution is -2.40. The molecule has 0 aliphatic carbocycles. The predicted molar refractivity (Wildman–Crippen MR) is 37.5 cm³/mol. The largest absolute Gasteiger partial charge is 0.396 e. The minimum absolute atomic E-state index is 0.559. The second-order valence-corrected chi connectivity index (χ2v) is 3.22. The molecule has 4 heteroatoms. The Morgan fingerprint density at radius 1 is 1.18 bits per heavy atom. The molecule has 0 fully saturated rings. The molecule has 0 bridgehead atoms. The topological polar surface area (TPSA) is 40.5 Å². The van der Waals surface area contributed by atoms with E-state index in [0.717, 1.165) is 0 Å². The zero-order valence-electron chi connectivity index (χ0n) is 6.77. The summed E-state index contributed by atoms with van der Waals surface area (Å²) in [5.41, 5.74) is -1.45. The summed E-state index contributed by atoms with van der Waals surface area (Å²) in [6, 6.07) is 0. The van der Waals surface area contributed by atoms with Crippen molar-refractivity contribution in [3.05, 3.63) is 0 Å². The van der Waals surface area contributed by atoms with Crippen molar-refractivity contribution in [3.8, 4) is 0 Å². The van der Waals surface area contributed by atoms with E-state index in [-0.39, 0.29) is 0 Å². The molecule has 0 aliphatic heterocycles. The first-order valence-corrected chi connectivity index (χ1v) is 3.47. The molecule has 0 atom stereocenters. The SMILES string of the molecule is CC(C)(CO)C(F)(F)CCO. The highest BCUT2D eigenvalue weighted by Gasteiger charge is 2.45. The van der Waals surface area contributed by atoms with Gasteiger partial charge < -0.3 is 10.2 Å². The van der Waals surface area contributed by atoms with Crippen LogP contribution in [0.5, 0.6) is 0 Å². The highest BCUT2D eigenvalue weighted by Crippen LogP contribution is 2.37. The van der Waals surface area contributed by atoms with Gasteiger partial charge in [-0.05, 0) is 0 Å². The van der Waals surface area contributed by atoms with Gasteiger partial charge in [0.05, 0.1) is 12.0 Å². The summed E-state index contributed by atoms with van der Waals surface area (Å²) in [5, 5.41) is 16.9. The highest BCUT2D eigenvalue weighted by molar-refractivity contribution is 4.84. The maximum Gasteiger partial charge on any atom is 0.257 e. The molecule has 0 radical (unpaired) electrons. The quantitative estimate of drug-likeness (QED) is 0.658. The van der Waals surface area contributed by atoms with Crippen LogP contribution in [0.1, 0.15) is 20.3 Å². The standard InChI is InChI=1S/C7H14F2O2/c1-6(2,5-11)7(8,9)3-4-10/h10-11H,3-5H2,1-2H3.